The molecule has 0 saturated carbocycles. The Morgan fingerprint density at radius 1 is 1.03 bits per heavy atom. The van der Waals surface area contributed by atoms with Gasteiger partial charge < -0.3 is 20.6 Å². The molecule has 3 aromatic rings. The van der Waals surface area contributed by atoms with Crippen LogP contribution in [0.2, 0.25) is 5.02 Å². The van der Waals surface area contributed by atoms with Gasteiger partial charge in [0, 0.05) is 29.2 Å². The fourth-order valence-corrected chi connectivity index (χ4v) is 4.19. The van der Waals surface area contributed by atoms with Gasteiger partial charge in [-0.05, 0) is 61.5 Å². The number of rotatable bonds is 8. The lowest BCUT2D eigenvalue weighted by atomic mass is 9.98. The van der Waals surface area contributed by atoms with E-state index >= 15 is 0 Å². The van der Waals surface area contributed by atoms with Crippen LogP contribution in [-0.4, -0.2) is 36.0 Å². The third-order valence-corrected chi connectivity index (χ3v) is 5.78. The van der Waals surface area contributed by atoms with Gasteiger partial charge in [0.25, 0.3) is 5.91 Å². The average Bonchev–Trinajstić information content (AvgIpc) is 3.11. The predicted molar refractivity (Wildman–Crippen MR) is 137 cm³/mol. The Balaban J connectivity index is 1.78. The summed E-state index contributed by atoms with van der Waals surface area (Å²) >= 11 is 6.14. The van der Waals surface area contributed by atoms with Gasteiger partial charge in [0.05, 0.1) is 17.0 Å². The highest BCUT2D eigenvalue weighted by molar-refractivity contribution is 6.38. The van der Waals surface area contributed by atoms with Crippen LogP contribution < -0.4 is 10.6 Å². The molecule has 0 atom stereocenters. The summed E-state index contributed by atoms with van der Waals surface area (Å²) < 4.78 is 0. The number of aliphatic carboxylic acids is 1. The van der Waals surface area contributed by atoms with Gasteiger partial charge in [0.2, 0.25) is 0 Å². The SMILES string of the molecule is CN(C)Cc1cccc(N/C(=C2\C(=O)Nc3cc(Cl)ccc32)c2ccc(CCC(=O)O)cc2)c1. The predicted octanol–water partition coefficient (Wildman–Crippen LogP) is 5.35. The van der Waals surface area contributed by atoms with E-state index in [1.54, 1.807) is 12.1 Å². The normalized spacial score (nSPS) is 14.1. The summed E-state index contributed by atoms with van der Waals surface area (Å²) in [5, 5.41) is 15.9. The highest BCUT2D eigenvalue weighted by Crippen LogP contribution is 2.39. The Hall–Kier alpha value is -3.61. The maximum atomic E-state index is 13.1. The molecule has 7 heteroatoms. The van der Waals surface area contributed by atoms with Crippen molar-refractivity contribution in [3.63, 3.8) is 0 Å². The molecule has 1 heterocycles. The summed E-state index contributed by atoms with van der Waals surface area (Å²) in [6.45, 7) is 0.793. The van der Waals surface area contributed by atoms with Crippen molar-refractivity contribution in [3.8, 4) is 0 Å². The van der Waals surface area contributed by atoms with Crippen molar-refractivity contribution in [1.29, 1.82) is 0 Å². The molecular weight excluding hydrogens is 450 g/mol. The number of fused-ring (bicyclic) bond motifs is 1. The molecule has 0 unspecified atom stereocenters. The maximum Gasteiger partial charge on any atom is 0.303 e. The van der Waals surface area contributed by atoms with Crippen LogP contribution in [0.5, 0.6) is 0 Å². The largest absolute Gasteiger partial charge is 0.481 e. The number of nitrogens with zero attached hydrogens (tertiary/aromatic N) is 1. The van der Waals surface area contributed by atoms with Crippen LogP contribution in [-0.2, 0) is 22.6 Å². The Morgan fingerprint density at radius 3 is 2.50 bits per heavy atom. The van der Waals surface area contributed by atoms with Crippen molar-refractivity contribution >= 4 is 46.1 Å². The van der Waals surface area contributed by atoms with Gasteiger partial charge in [-0.3, -0.25) is 9.59 Å². The fraction of sp³-hybridized carbons (Fsp3) is 0.185. The van der Waals surface area contributed by atoms with Gasteiger partial charge in [-0.1, -0.05) is 54.1 Å². The van der Waals surface area contributed by atoms with Crippen molar-refractivity contribution in [2.75, 3.05) is 24.7 Å². The van der Waals surface area contributed by atoms with Gasteiger partial charge in [-0.2, -0.15) is 0 Å². The molecule has 0 aliphatic carbocycles. The molecule has 0 aromatic heterocycles. The minimum absolute atomic E-state index is 0.0702. The van der Waals surface area contributed by atoms with E-state index in [0.29, 0.717) is 28.4 Å². The number of halogens is 1. The summed E-state index contributed by atoms with van der Waals surface area (Å²) in [5.74, 6) is -1.04. The number of amides is 1. The molecule has 0 spiro atoms. The Morgan fingerprint density at radius 2 is 1.79 bits per heavy atom. The van der Waals surface area contributed by atoms with Crippen molar-refractivity contribution in [2.24, 2.45) is 0 Å². The third kappa shape index (κ3) is 5.47. The maximum absolute atomic E-state index is 13.1. The topological polar surface area (TPSA) is 81.7 Å². The van der Waals surface area contributed by atoms with E-state index in [2.05, 4.69) is 27.7 Å². The first-order valence-corrected chi connectivity index (χ1v) is 11.4. The van der Waals surface area contributed by atoms with E-state index in [-0.39, 0.29) is 12.3 Å². The summed E-state index contributed by atoms with van der Waals surface area (Å²) in [6, 6.07) is 21.1. The molecule has 3 aromatic carbocycles. The molecule has 0 saturated heterocycles. The van der Waals surface area contributed by atoms with Crippen molar-refractivity contribution in [3.05, 3.63) is 94.0 Å². The Bertz CT molecular complexity index is 1270. The molecule has 6 nitrogen and oxygen atoms in total. The molecule has 0 radical (unpaired) electrons. The zero-order chi connectivity index (χ0) is 24.2. The first-order valence-electron chi connectivity index (χ1n) is 11.0. The molecular formula is C27H26ClN3O3. The number of hydrogen-bond donors (Lipinski definition) is 3. The van der Waals surface area contributed by atoms with Crippen molar-refractivity contribution < 1.29 is 14.7 Å². The van der Waals surface area contributed by atoms with Crippen LogP contribution in [0.4, 0.5) is 11.4 Å². The fourth-order valence-electron chi connectivity index (χ4n) is 4.02. The third-order valence-electron chi connectivity index (χ3n) is 5.54. The highest BCUT2D eigenvalue weighted by atomic mass is 35.5. The number of carbonyl (C=O) groups is 2. The lowest BCUT2D eigenvalue weighted by molar-refractivity contribution is -0.137. The van der Waals surface area contributed by atoms with Crippen LogP contribution >= 0.6 is 11.6 Å². The lowest BCUT2D eigenvalue weighted by Crippen LogP contribution is -2.12. The molecule has 1 aliphatic rings. The van der Waals surface area contributed by atoms with Crippen LogP contribution in [0.25, 0.3) is 11.3 Å². The van der Waals surface area contributed by atoms with E-state index in [1.807, 2.05) is 56.6 Å². The lowest BCUT2D eigenvalue weighted by Gasteiger charge is -2.17. The Kier molecular flexibility index (Phi) is 7.01. The summed E-state index contributed by atoms with van der Waals surface area (Å²) in [5.41, 5.74) is 6.41. The zero-order valence-corrected chi connectivity index (χ0v) is 19.8. The van der Waals surface area contributed by atoms with Gasteiger partial charge in [-0.25, -0.2) is 0 Å². The zero-order valence-electron chi connectivity index (χ0n) is 19.1. The quantitative estimate of drug-likeness (QED) is 0.382. The second-order valence-electron chi connectivity index (χ2n) is 8.55. The van der Waals surface area contributed by atoms with Crippen molar-refractivity contribution in [1.82, 2.24) is 4.90 Å². The van der Waals surface area contributed by atoms with E-state index in [4.69, 9.17) is 16.7 Å². The second-order valence-corrected chi connectivity index (χ2v) is 8.98. The van der Waals surface area contributed by atoms with E-state index in [9.17, 15) is 9.59 Å². The summed E-state index contributed by atoms with van der Waals surface area (Å²) in [4.78, 5) is 26.1. The minimum atomic E-state index is -0.830. The van der Waals surface area contributed by atoms with Gasteiger partial charge in [0.15, 0.2) is 0 Å². The standard InChI is InChI=1S/C27H26ClN3O3/c1-31(2)16-18-4-3-5-21(14-18)29-26(19-9-6-17(7-10-19)8-13-24(32)33)25-22-12-11-20(28)15-23(22)30-27(25)34/h3-7,9-12,14-15,29H,8,13,16H2,1-2H3,(H,30,34)(H,32,33)/b26-25-. The molecule has 0 fully saturated rings. The first kappa shape index (κ1) is 23.5. The smallest absolute Gasteiger partial charge is 0.303 e. The number of carboxylic acid groups (broad SMARTS) is 1. The molecule has 3 N–H and O–H groups in total. The van der Waals surface area contributed by atoms with Crippen LogP contribution in [0, 0.1) is 0 Å². The molecule has 1 amide bonds. The number of aryl methyl sites for hydroxylation is 1. The summed E-state index contributed by atoms with van der Waals surface area (Å²) in [6.07, 6.45) is 0.518. The van der Waals surface area contributed by atoms with E-state index in [1.165, 1.54) is 0 Å². The monoisotopic (exact) mass is 475 g/mol. The van der Waals surface area contributed by atoms with Gasteiger partial charge in [0.1, 0.15) is 0 Å². The number of benzene rings is 3. The molecule has 4 rings (SSSR count). The molecule has 1 aliphatic heterocycles. The van der Waals surface area contributed by atoms with Gasteiger partial charge >= 0.3 is 5.97 Å². The highest BCUT2D eigenvalue weighted by Gasteiger charge is 2.28. The molecule has 0 bridgehead atoms. The van der Waals surface area contributed by atoms with Gasteiger partial charge in [-0.15, -0.1) is 0 Å². The number of anilines is 2. The first-order chi connectivity index (χ1) is 16.3. The number of carboxylic acids is 1. The van der Waals surface area contributed by atoms with Crippen LogP contribution in [0.3, 0.4) is 0 Å². The van der Waals surface area contributed by atoms with Crippen molar-refractivity contribution in [2.45, 2.75) is 19.4 Å². The minimum Gasteiger partial charge on any atom is -0.481 e. The molecule has 174 valence electrons. The number of carbonyl (C=O) groups excluding carboxylic acids is 1. The van der Waals surface area contributed by atoms with Crippen LogP contribution in [0.15, 0.2) is 66.7 Å². The van der Waals surface area contributed by atoms with E-state index in [0.717, 1.165) is 34.5 Å². The second kappa shape index (κ2) is 10.1. The number of nitrogens with one attached hydrogen (secondary N) is 2. The average molecular weight is 476 g/mol. The summed E-state index contributed by atoms with van der Waals surface area (Å²) in [7, 11) is 4.04. The Labute approximate surface area is 203 Å². The molecule has 34 heavy (non-hydrogen) atoms. The van der Waals surface area contributed by atoms with E-state index < -0.39 is 5.97 Å². The number of hydrogen-bond acceptors (Lipinski definition) is 4. The van der Waals surface area contributed by atoms with Crippen LogP contribution in [0.1, 0.15) is 28.7 Å².